The van der Waals surface area contributed by atoms with E-state index in [-0.39, 0.29) is 0 Å². The summed E-state index contributed by atoms with van der Waals surface area (Å²) in [5.41, 5.74) is 4.29. The van der Waals surface area contributed by atoms with Gasteiger partial charge in [-0.15, -0.1) is 0 Å². The molecule has 0 amide bonds. The van der Waals surface area contributed by atoms with Gasteiger partial charge in [-0.25, -0.2) is 0 Å². The molecule has 0 N–H and O–H groups in total. The van der Waals surface area contributed by atoms with E-state index in [1.54, 1.807) is 0 Å². The van der Waals surface area contributed by atoms with Crippen LogP contribution in [-0.2, 0) is 21.4 Å². The fourth-order valence-electron chi connectivity index (χ4n) is 3.52. The van der Waals surface area contributed by atoms with Crippen LogP contribution in [0.4, 0.5) is 5.69 Å². The molecule has 1 unspecified atom stereocenters. The van der Waals surface area contributed by atoms with Gasteiger partial charge in [0.25, 0.3) is 0 Å². The lowest BCUT2D eigenvalue weighted by Gasteiger charge is -2.31. The monoisotopic (exact) mass is 337 g/mol. The van der Waals surface area contributed by atoms with Crippen LogP contribution in [0, 0.1) is 6.92 Å². The van der Waals surface area contributed by atoms with Gasteiger partial charge in [-0.1, -0.05) is 48.9 Å². The van der Waals surface area contributed by atoms with E-state index in [4.69, 9.17) is 4.74 Å². The maximum atomic E-state index is 12.1. The molecule has 1 aliphatic rings. The summed E-state index contributed by atoms with van der Waals surface area (Å²) in [5, 5.41) is 0. The average Bonchev–Trinajstić information content (AvgIpc) is 2.69. The Hall–Kier alpha value is -2.13. The molecule has 3 nitrogen and oxygen atoms in total. The van der Waals surface area contributed by atoms with Gasteiger partial charge in [0.1, 0.15) is 6.29 Å². The first-order valence-electron chi connectivity index (χ1n) is 9.12. The minimum absolute atomic E-state index is 0.460. The molecule has 2 aromatic carbocycles. The number of rotatable bonds is 6. The highest BCUT2D eigenvalue weighted by atomic mass is 16.5. The first-order chi connectivity index (χ1) is 12.2. The van der Waals surface area contributed by atoms with Gasteiger partial charge in [0.2, 0.25) is 0 Å². The van der Waals surface area contributed by atoms with Crippen LogP contribution < -0.4 is 4.90 Å². The standard InChI is InChI=1S/C22H27NO2/c1-3-22(17-24,16-19-6-4-18(2)5-7-19)20-8-10-21(11-9-20)23-12-14-25-15-13-23/h4-11,17H,3,12-16H2,1-2H3. The number of ether oxygens (including phenoxy) is 1. The molecule has 1 atom stereocenters. The van der Waals surface area contributed by atoms with E-state index in [9.17, 15) is 4.79 Å². The molecule has 3 heteroatoms. The van der Waals surface area contributed by atoms with Crippen molar-refractivity contribution < 1.29 is 9.53 Å². The number of nitrogens with zero attached hydrogens (tertiary/aromatic N) is 1. The molecule has 25 heavy (non-hydrogen) atoms. The largest absolute Gasteiger partial charge is 0.378 e. The lowest BCUT2D eigenvalue weighted by Crippen LogP contribution is -2.36. The van der Waals surface area contributed by atoms with Crippen molar-refractivity contribution in [3.63, 3.8) is 0 Å². The zero-order chi connectivity index (χ0) is 17.7. The SMILES string of the molecule is CCC(C=O)(Cc1ccc(C)cc1)c1ccc(N2CCOCC2)cc1. The fourth-order valence-corrected chi connectivity index (χ4v) is 3.52. The van der Waals surface area contributed by atoms with Crippen molar-refractivity contribution in [1.29, 1.82) is 0 Å². The van der Waals surface area contributed by atoms with Crippen LogP contribution in [0.2, 0.25) is 0 Å². The Labute approximate surface area is 150 Å². The Morgan fingerprint density at radius 3 is 2.24 bits per heavy atom. The first-order valence-corrected chi connectivity index (χ1v) is 9.12. The van der Waals surface area contributed by atoms with Gasteiger partial charge in [-0.2, -0.15) is 0 Å². The highest BCUT2D eigenvalue weighted by molar-refractivity contribution is 5.70. The third-order valence-corrected chi connectivity index (χ3v) is 5.32. The van der Waals surface area contributed by atoms with Gasteiger partial charge in [0, 0.05) is 18.8 Å². The van der Waals surface area contributed by atoms with E-state index < -0.39 is 5.41 Å². The number of carbonyl (C=O) groups excluding carboxylic acids is 1. The summed E-state index contributed by atoms with van der Waals surface area (Å²) in [7, 11) is 0. The zero-order valence-electron chi connectivity index (χ0n) is 15.2. The van der Waals surface area contributed by atoms with E-state index in [0.29, 0.717) is 0 Å². The number of aldehydes is 1. The summed E-state index contributed by atoms with van der Waals surface area (Å²) in [6.45, 7) is 7.59. The van der Waals surface area contributed by atoms with Crippen molar-refractivity contribution >= 4 is 12.0 Å². The van der Waals surface area contributed by atoms with Gasteiger partial charge < -0.3 is 14.4 Å². The van der Waals surface area contributed by atoms with Gasteiger partial charge >= 0.3 is 0 Å². The maximum Gasteiger partial charge on any atom is 0.130 e. The van der Waals surface area contributed by atoms with Crippen LogP contribution in [0.25, 0.3) is 0 Å². The Balaban J connectivity index is 1.83. The molecule has 0 aromatic heterocycles. The Kier molecular flexibility index (Phi) is 5.54. The third kappa shape index (κ3) is 3.93. The second-order valence-corrected chi connectivity index (χ2v) is 6.94. The summed E-state index contributed by atoms with van der Waals surface area (Å²) in [5.74, 6) is 0. The number of carbonyl (C=O) groups is 1. The third-order valence-electron chi connectivity index (χ3n) is 5.32. The summed E-state index contributed by atoms with van der Waals surface area (Å²) in [6.07, 6.45) is 2.67. The van der Waals surface area contributed by atoms with E-state index in [2.05, 4.69) is 67.3 Å². The van der Waals surface area contributed by atoms with Crippen LogP contribution in [-0.4, -0.2) is 32.6 Å². The number of morpholine rings is 1. The van der Waals surface area contributed by atoms with Gasteiger partial charge in [0.15, 0.2) is 0 Å². The van der Waals surface area contributed by atoms with Crippen molar-refractivity contribution in [3.8, 4) is 0 Å². The summed E-state index contributed by atoms with van der Waals surface area (Å²) >= 11 is 0. The lowest BCUT2D eigenvalue weighted by atomic mass is 9.74. The quantitative estimate of drug-likeness (QED) is 0.748. The number of aryl methyl sites for hydroxylation is 1. The van der Waals surface area contributed by atoms with E-state index in [1.165, 1.54) is 16.8 Å². The molecule has 0 saturated carbocycles. The van der Waals surface area contributed by atoms with Crippen LogP contribution >= 0.6 is 0 Å². The smallest absolute Gasteiger partial charge is 0.130 e. The predicted octanol–water partition coefficient (Wildman–Crippen LogP) is 3.92. The van der Waals surface area contributed by atoms with Crippen LogP contribution in [0.15, 0.2) is 48.5 Å². The van der Waals surface area contributed by atoms with Crippen LogP contribution in [0.3, 0.4) is 0 Å². The molecule has 1 heterocycles. The highest BCUT2D eigenvalue weighted by Crippen LogP contribution is 2.32. The molecule has 1 fully saturated rings. The number of anilines is 1. The van der Waals surface area contributed by atoms with Gasteiger partial charge in [-0.3, -0.25) is 0 Å². The Bertz CT molecular complexity index is 687. The average molecular weight is 337 g/mol. The molecule has 3 rings (SSSR count). The second kappa shape index (κ2) is 7.83. The number of hydrogen-bond donors (Lipinski definition) is 0. The number of hydrogen-bond acceptors (Lipinski definition) is 3. The summed E-state index contributed by atoms with van der Waals surface area (Å²) in [6, 6.07) is 17.0. The molecule has 0 spiro atoms. The maximum absolute atomic E-state index is 12.1. The molecule has 132 valence electrons. The minimum Gasteiger partial charge on any atom is -0.378 e. The zero-order valence-corrected chi connectivity index (χ0v) is 15.2. The molecule has 0 aliphatic carbocycles. The molecule has 0 bridgehead atoms. The summed E-state index contributed by atoms with van der Waals surface area (Å²) in [4.78, 5) is 14.4. The lowest BCUT2D eigenvalue weighted by molar-refractivity contribution is -0.112. The van der Waals surface area contributed by atoms with Crippen molar-refractivity contribution in [2.24, 2.45) is 0 Å². The minimum atomic E-state index is -0.460. The second-order valence-electron chi connectivity index (χ2n) is 6.94. The van der Waals surface area contributed by atoms with Crippen molar-refractivity contribution in [2.45, 2.75) is 32.1 Å². The Morgan fingerprint density at radius 2 is 1.68 bits per heavy atom. The molecule has 0 radical (unpaired) electrons. The molecule has 2 aromatic rings. The van der Waals surface area contributed by atoms with Crippen molar-refractivity contribution in [1.82, 2.24) is 0 Å². The summed E-state index contributed by atoms with van der Waals surface area (Å²) < 4.78 is 5.42. The fraction of sp³-hybridized carbons (Fsp3) is 0.409. The molecule has 1 aliphatic heterocycles. The van der Waals surface area contributed by atoms with E-state index in [1.807, 2.05) is 0 Å². The molecular weight excluding hydrogens is 310 g/mol. The van der Waals surface area contributed by atoms with Gasteiger partial charge in [-0.05, 0) is 43.0 Å². The van der Waals surface area contributed by atoms with Crippen molar-refractivity contribution in [2.75, 3.05) is 31.2 Å². The van der Waals surface area contributed by atoms with Crippen LogP contribution in [0.1, 0.15) is 30.0 Å². The Morgan fingerprint density at radius 1 is 1.04 bits per heavy atom. The van der Waals surface area contributed by atoms with Crippen LogP contribution in [0.5, 0.6) is 0 Å². The number of benzene rings is 2. The van der Waals surface area contributed by atoms with E-state index >= 15 is 0 Å². The van der Waals surface area contributed by atoms with Crippen molar-refractivity contribution in [3.05, 3.63) is 65.2 Å². The molecule has 1 saturated heterocycles. The topological polar surface area (TPSA) is 29.5 Å². The highest BCUT2D eigenvalue weighted by Gasteiger charge is 2.30. The van der Waals surface area contributed by atoms with E-state index in [0.717, 1.165) is 51.0 Å². The first kappa shape index (κ1) is 17.7. The normalized spacial score (nSPS) is 17.1. The predicted molar refractivity (Wildman–Crippen MR) is 102 cm³/mol. The van der Waals surface area contributed by atoms with Gasteiger partial charge in [0.05, 0.1) is 18.6 Å². The molecular formula is C22H27NO2.